The van der Waals surface area contributed by atoms with Gasteiger partial charge in [-0.3, -0.25) is 0 Å². The molecule has 0 unspecified atom stereocenters. The molecule has 0 bridgehead atoms. The fourth-order valence-corrected chi connectivity index (χ4v) is 1.40. The standard InChI is InChI=1S/C10H10F6N2/c1-2-3-18(5-10(14,15)16)9-7(12)4-6(11)8(13)17-9/h4H,2-3,5H2,1H3. The van der Waals surface area contributed by atoms with Gasteiger partial charge in [-0.25, -0.2) is 8.78 Å². The van der Waals surface area contributed by atoms with Crippen molar-refractivity contribution in [1.29, 1.82) is 0 Å². The lowest BCUT2D eigenvalue weighted by atomic mass is 10.3. The molecule has 0 aromatic carbocycles. The Morgan fingerprint density at radius 2 is 1.78 bits per heavy atom. The minimum absolute atomic E-state index is 0.172. The van der Waals surface area contributed by atoms with Crippen LogP contribution in [0.3, 0.4) is 0 Å². The van der Waals surface area contributed by atoms with E-state index in [2.05, 4.69) is 4.98 Å². The second-order valence-corrected chi connectivity index (χ2v) is 3.60. The Hall–Kier alpha value is -1.47. The van der Waals surface area contributed by atoms with E-state index in [9.17, 15) is 26.3 Å². The van der Waals surface area contributed by atoms with E-state index in [1.165, 1.54) is 0 Å². The van der Waals surface area contributed by atoms with E-state index < -0.39 is 36.1 Å². The van der Waals surface area contributed by atoms with Crippen LogP contribution < -0.4 is 4.90 Å². The van der Waals surface area contributed by atoms with Gasteiger partial charge in [0, 0.05) is 12.6 Å². The quantitative estimate of drug-likeness (QED) is 0.617. The third-order valence-corrected chi connectivity index (χ3v) is 2.03. The first-order valence-corrected chi connectivity index (χ1v) is 5.08. The van der Waals surface area contributed by atoms with Gasteiger partial charge in [-0.2, -0.15) is 22.5 Å². The molecule has 0 aliphatic carbocycles. The molecule has 0 spiro atoms. The minimum Gasteiger partial charge on any atom is -0.345 e. The van der Waals surface area contributed by atoms with Crippen LogP contribution in [0.25, 0.3) is 0 Å². The van der Waals surface area contributed by atoms with Gasteiger partial charge in [0.2, 0.25) is 0 Å². The first-order valence-electron chi connectivity index (χ1n) is 5.08. The molecule has 8 heteroatoms. The van der Waals surface area contributed by atoms with Crippen molar-refractivity contribution in [1.82, 2.24) is 4.98 Å². The molecule has 18 heavy (non-hydrogen) atoms. The largest absolute Gasteiger partial charge is 0.405 e. The Morgan fingerprint density at radius 3 is 2.28 bits per heavy atom. The van der Waals surface area contributed by atoms with E-state index in [0.717, 1.165) is 0 Å². The molecule has 0 atom stereocenters. The molecule has 0 aliphatic rings. The van der Waals surface area contributed by atoms with Gasteiger partial charge in [0.25, 0.3) is 5.95 Å². The van der Waals surface area contributed by atoms with E-state index in [1.807, 2.05) is 0 Å². The molecule has 0 saturated carbocycles. The molecule has 102 valence electrons. The Balaban J connectivity index is 3.09. The Morgan fingerprint density at radius 1 is 1.17 bits per heavy atom. The molecule has 0 aliphatic heterocycles. The van der Waals surface area contributed by atoms with Crippen molar-refractivity contribution in [3.63, 3.8) is 0 Å². The molecule has 1 aromatic rings. The van der Waals surface area contributed by atoms with Crippen molar-refractivity contribution in [3.05, 3.63) is 23.6 Å². The number of nitrogens with zero attached hydrogens (tertiary/aromatic N) is 2. The van der Waals surface area contributed by atoms with Crippen molar-refractivity contribution in [2.75, 3.05) is 18.0 Å². The van der Waals surface area contributed by atoms with Gasteiger partial charge in [0.05, 0.1) is 0 Å². The average Bonchev–Trinajstić information content (AvgIpc) is 2.21. The van der Waals surface area contributed by atoms with Gasteiger partial charge in [0.15, 0.2) is 17.5 Å². The van der Waals surface area contributed by atoms with Crippen LogP contribution in [0, 0.1) is 17.6 Å². The second kappa shape index (κ2) is 5.45. The van der Waals surface area contributed by atoms with Crippen LogP contribution >= 0.6 is 0 Å². The molecule has 1 aromatic heterocycles. The number of aromatic nitrogens is 1. The van der Waals surface area contributed by atoms with E-state index in [-0.39, 0.29) is 19.0 Å². The smallest absolute Gasteiger partial charge is 0.345 e. The maximum atomic E-state index is 13.3. The van der Waals surface area contributed by atoms with Crippen molar-refractivity contribution in [2.45, 2.75) is 19.5 Å². The van der Waals surface area contributed by atoms with Crippen LogP contribution in [0.1, 0.15) is 13.3 Å². The van der Waals surface area contributed by atoms with Gasteiger partial charge in [0.1, 0.15) is 6.54 Å². The summed E-state index contributed by atoms with van der Waals surface area (Å²) in [5, 5.41) is 0. The Bertz CT molecular complexity index is 418. The zero-order valence-electron chi connectivity index (χ0n) is 9.36. The lowest BCUT2D eigenvalue weighted by Crippen LogP contribution is -2.36. The molecule has 1 rings (SSSR count). The molecule has 1 heterocycles. The third kappa shape index (κ3) is 3.78. The summed E-state index contributed by atoms with van der Waals surface area (Å²) in [6.45, 7) is -0.0779. The molecule has 0 saturated heterocycles. The number of anilines is 1. The number of halogens is 6. The number of pyridine rings is 1. The minimum atomic E-state index is -4.59. The maximum Gasteiger partial charge on any atom is 0.405 e. The maximum absolute atomic E-state index is 13.3. The number of hydrogen-bond acceptors (Lipinski definition) is 2. The van der Waals surface area contributed by atoms with Crippen LogP contribution in [-0.2, 0) is 0 Å². The number of rotatable bonds is 4. The molecule has 0 radical (unpaired) electrons. The van der Waals surface area contributed by atoms with E-state index in [4.69, 9.17) is 0 Å². The predicted octanol–water partition coefficient (Wildman–Crippen LogP) is 3.28. The summed E-state index contributed by atoms with van der Waals surface area (Å²) in [4.78, 5) is 3.41. The van der Waals surface area contributed by atoms with Crippen LogP contribution in [0.5, 0.6) is 0 Å². The van der Waals surface area contributed by atoms with E-state index >= 15 is 0 Å². The Labute approximate surface area is 99.2 Å². The monoisotopic (exact) mass is 272 g/mol. The fraction of sp³-hybridized carbons (Fsp3) is 0.500. The fourth-order valence-electron chi connectivity index (χ4n) is 1.40. The van der Waals surface area contributed by atoms with E-state index in [0.29, 0.717) is 4.90 Å². The summed E-state index contributed by atoms with van der Waals surface area (Å²) in [5.41, 5.74) is 0. The molecule has 0 N–H and O–H groups in total. The topological polar surface area (TPSA) is 16.1 Å². The van der Waals surface area contributed by atoms with Gasteiger partial charge in [-0.05, 0) is 6.42 Å². The highest BCUT2D eigenvalue weighted by molar-refractivity contribution is 5.40. The molecular weight excluding hydrogens is 262 g/mol. The highest BCUT2D eigenvalue weighted by Crippen LogP contribution is 2.24. The van der Waals surface area contributed by atoms with Gasteiger partial charge < -0.3 is 4.90 Å². The second-order valence-electron chi connectivity index (χ2n) is 3.60. The summed E-state index contributed by atoms with van der Waals surface area (Å²) in [5.74, 6) is -5.34. The van der Waals surface area contributed by atoms with Crippen molar-refractivity contribution in [3.8, 4) is 0 Å². The van der Waals surface area contributed by atoms with Gasteiger partial charge in [-0.15, -0.1) is 0 Å². The molecule has 0 amide bonds. The van der Waals surface area contributed by atoms with Crippen molar-refractivity contribution >= 4 is 5.82 Å². The summed E-state index contributed by atoms with van der Waals surface area (Å²) in [6, 6.07) is 0.177. The third-order valence-electron chi connectivity index (χ3n) is 2.03. The number of alkyl halides is 3. The van der Waals surface area contributed by atoms with Gasteiger partial charge in [-0.1, -0.05) is 6.92 Å². The molecule has 2 nitrogen and oxygen atoms in total. The van der Waals surface area contributed by atoms with Gasteiger partial charge >= 0.3 is 6.18 Å². The number of hydrogen-bond donors (Lipinski definition) is 0. The van der Waals surface area contributed by atoms with Crippen molar-refractivity contribution < 1.29 is 26.3 Å². The SMILES string of the molecule is CCCN(CC(F)(F)F)c1nc(F)c(F)cc1F. The van der Waals surface area contributed by atoms with Crippen LogP contribution in [0.2, 0.25) is 0 Å². The Kier molecular flexibility index (Phi) is 4.42. The molecular formula is C10H10F6N2. The average molecular weight is 272 g/mol. The zero-order chi connectivity index (χ0) is 13.9. The first-order chi connectivity index (χ1) is 8.24. The summed E-state index contributed by atoms with van der Waals surface area (Å²) in [7, 11) is 0. The van der Waals surface area contributed by atoms with Crippen LogP contribution in [-0.4, -0.2) is 24.2 Å². The lowest BCUT2D eigenvalue weighted by molar-refractivity contribution is -0.119. The van der Waals surface area contributed by atoms with Crippen molar-refractivity contribution in [2.24, 2.45) is 0 Å². The predicted molar refractivity (Wildman–Crippen MR) is 52.7 cm³/mol. The summed E-state index contributed by atoms with van der Waals surface area (Å²) in [6.07, 6.45) is -4.32. The van der Waals surface area contributed by atoms with Crippen LogP contribution in [0.4, 0.5) is 32.2 Å². The first kappa shape index (κ1) is 14.6. The summed E-state index contributed by atoms with van der Waals surface area (Å²) < 4.78 is 75.6. The molecule has 0 fully saturated rings. The highest BCUT2D eigenvalue weighted by atomic mass is 19.4. The highest BCUT2D eigenvalue weighted by Gasteiger charge is 2.32. The summed E-state index contributed by atoms with van der Waals surface area (Å²) >= 11 is 0. The van der Waals surface area contributed by atoms with E-state index in [1.54, 1.807) is 6.92 Å². The zero-order valence-corrected chi connectivity index (χ0v) is 9.36. The lowest BCUT2D eigenvalue weighted by Gasteiger charge is -2.24. The van der Waals surface area contributed by atoms with Crippen LogP contribution in [0.15, 0.2) is 6.07 Å². The normalized spacial score (nSPS) is 11.7.